The van der Waals surface area contributed by atoms with E-state index in [0.717, 1.165) is 10.5 Å². The monoisotopic (exact) mass is 208 g/mol. The molecule has 0 bridgehead atoms. The zero-order chi connectivity index (χ0) is 9.97. The normalized spacial score (nSPS) is 13.3. The fraction of sp³-hybridized carbons (Fsp3) is 0.300. The van der Waals surface area contributed by atoms with Gasteiger partial charge in [-0.3, -0.25) is 0 Å². The molecule has 1 heterocycles. The van der Waals surface area contributed by atoms with E-state index in [2.05, 4.69) is 4.98 Å². The number of nitrogens with zero attached hydrogens (tertiary/aromatic N) is 1. The van der Waals surface area contributed by atoms with Crippen LogP contribution >= 0.6 is 11.3 Å². The number of fused-ring (bicyclic) bond motifs is 1. The molecule has 0 spiro atoms. The first-order valence-electron chi connectivity index (χ1n) is 4.50. The third kappa shape index (κ3) is 1.92. The Hall–Kier alpha value is -0.970. The highest BCUT2D eigenvalue weighted by molar-refractivity contribution is 7.18. The van der Waals surface area contributed by atoms with Gasteiger partial charge >= 0.3 is 0 Å². The van der Waals surface area contributed by atoms with Crippen molar-refractivity contribution in [1.29, 1.82) is 0 Å². The van der Waals surface area contributed by atoms with Gasteiger partial charge in [0.25, 0.3) is 0 Å². The average Bonchev–Trinajstić information content (AvgIpc) is 2.59. The Balaban J connectivity index is 2.27. The van der Waals surface area contributed by atoms with Gasteiger partial charge in [0.15, 0.2) is 0 Å². The Kier molecular flexibility index (Phi) is 2.77. The number of nitrogens with two attached hydrogens (primary N) is 1. The molecule has 2 rings (SSSR count). The van der Waals surface area contributed by atoms with Crippen molar-refractivity contribution < 1.29 is 5.11 Å². The number of thiazole rings is 1. The summed E-state index contributed by atoms with van der Waals surface area (Å²) in [7, 11) is 0. The van der Waals surface area contributed by atoms with Gasteiger partial charge in [-0.05, 0) is 12.1 Å². The van der Waals surface area contributed by atoms with Crippen LogP contribution in [0.25, 0.3) is 10.2 Å². The molecule has 3 N–H and O–H groups in total. The Bertz CT molecular complexity index is 394. The molecule has 0 aliphatic rings. The number of benzene rings is 1. The van der Waals surface area contributed by atoms with Crippen molar-refractivity contribution in [1.82, 2.24) is 4.98 Å². The van der Waals surface area contributed by atoms with Crippen molar-refractivity contribution >= 4 is 21.6 Å². The number of para-hydroxylation sites is 1. The van der Waals surface area contributed by atoms with Crippen molar-refractivity contribution in [3.05, 3.63) is 29.3 Å². The van der Waals surface area contributed by atoms with Crippen molar-refractivity contribution in [2.24, 2.45) is 5.73 Å². The predicted octanol–water partition coefficient (Wildman–Crippen LogP) is 1.16. The van der Waals surface area contributed by atoms with Crippen LogP contribution in [0.1, 0.15) is 5.01 Å². The molecular formula is C10H12N2OS. The summed E-state index contributed by atoms with van der Waals surface area (Å²) in [5.41, 5.74) is 6.66. The summed E-state index contributed by atoms with van der Waals surface area (Å²) in [4.78, 5) is 4.43. The van der Waals surface area contributed by atoms with E-state index in [1.807, 2.05) is 24.3 Å². The second kappa shape index (κ2) is 4.04. The zero-order valence-corrected chi connectivity index (χ0v) is 8.50. The standard InChI is InChI=1S/C10H12N2OS/c11-7(6-13)5-10-12-8-3-1-2-4-9(8)14-10/h1-4,7,13H,5-6,11H2. The largest absolute Gasteiger partial charge is 0.395 e. The van der Waals surface area contributed by atoms with E-state index in [4.69, 9.17) is 10.8 Å². The van der Waals surface area contributed by atoms with Gasteiger partial charge in [0.1, 0.15) is 0 Å². The quantitative estimate of drug-likeness (QED) is 0.795. The van der Waals surface area contributed by atoms with Gasteiger partial charge in [-0.25, -0.2) is 4.98 Å². The molecule has 4 heteroatoms. The Morgan fingerprint density at radius 2 is 2.21 bits per heavy atom. The van der Waals surface area contributed by atoms with Gasteiger partial charge in [-0.15, -0.1) is 11.3 Å². The number of hydrogen-bond donors (Lipinski definition) is 2. The summed E-state index contributed by atoms with van der Waals surface area (Å²) < 4.78 is 1.17. The number of rotatable bonds is 3. The van der Waals surface area contributed by atoms with Gasteiger partial charge in [0.2, 0.25) is 0 Å². The van der Waals surface area contributed by atoms with Gasteiger partial charge in [-0.2, -0.15) is 0 Å². The van der Waals surface area contributed by atoms with Crippen LogP contribution in [0.4, 0.5) is 0 Å². The van der Waals surface area contributed by atoms with Gasteiger partial charge in [0.05, 0.1) is 21.8 Å². The topological polar surface area (TPSA) is 59.1 Å². The first-order chi connectivity index (χ1) is 6.79. The lowest BCUT2D eigenvalue weighted by molar-refractivity contribution is 0.265. The molecule has 1 unspecified atom stereocenters. The summed E-state index contributed by atoms with van der Waals surface area (Å²) in [5.74, 6) is 0. The molecule has 0 radical (unpaired) electrons. The Morgan fingerprint density at radius 3 is 2.93 bits per heavy atom. The fourth-order valence-electron chi connectivity index (χ4n) is 1.30. The van der Waals surface area contributed by atoms with E-state index in [1.165, 1.54) is 4.70 Å². The van der Waals surface area contributed by atoms with Crippen molar-refractivity contribution in [2.75, 3.05) is 6.61 Å². The molecular weight excluding hydrogens is 196 g/mol. The zero-order valence-electron chi connectivity index (χ0n) is 7.68. The molecule has 14 heavy (non-hydrogen) atoms. The second-order valence-electron chi connectivity index (χ2n) is 3.22. The van der Waals surface area contributed by atoms with Crippen LogP contribution in [0, 0.1) is 0 Å². The highest BCUT2D eigenvalue weighted by Gasteiger charge is 2.07. The molecule has 2 aromatic rings. The van der Waals surface area contributed by atoms with E-state index >= 15 is 0 Å². The van der Waals surface area contributed by atoms with Crippen LogP contribution in [0.2, 0.25) is 0 Å². The molecule has 1 aromatic heterocycles. The molecule has 0 amide bonds. The number of aliphatic hydroxyl groups is 1. The summed E-state index contributed by atoms with van der Waals surface area (Å²) in [6.45, 7) is 0.00985. The van der Waals surface area contributed by atoms with Gasteiger partial charge in [-0.1, -0.05) is 12.1 Å². The molecule has 0 aliphatic heterocycles. The van der Waals surface area contributed by atoms with Crippen LogP contribution in [0.3, 0.4) is 0 Å². The van der Waals surface area contributed by atoms with E-state index in [-0.39, 0.29) is 12.6 Å². The number of aliphatic hydroxyl groups excluding tert-OH is 1. The maximum atomic E-state index is 8.82. The van der Waals surface area contributed by atoms with Gasteiger partial charge < -0.3 is 10.8 Å². The number of aromatic nitrogens is 1. The van der Waals surface area contributed by atoms with Crippen molar-refractivity contribution in [2.45, 2.75) is 12.5 Å². The predicted molar refractivity (Wildman–Crippen MR) is 58.4 cm³/mol. The van der Waals surface area contributed by atoms with E-state index < -0.39 is 0 Å². The van der Waals surface area contributed by atoms with Crippen LogP contribution < -0.4 is 5.73 Å². The van der Waals surface area contributed by atoms with Crippen LogP contribution in [-0.2, 0) is 6.42 Å². The highest BCUT2D eigenvalue weighted by atomic mass is 32.1. The molecule has 0 saturated heterocycles. The first kappa shape index (κ1) is 9.58. The summed E-state index contributed by atoms with van der Waals surface area (Å²) in [6.07, 6.45) is 0.649. The van der Waals surface area contributed by atoms with E-state index in [0.29, 0.717) is 6.42 Å². The fourth-order valence-corrected chi connectivity index (χ4v) is 2.36. The Labute approximate surface area is 86.2 Å². The molecule has 3 nitrogen and oxygen atoms in total. The molecule has 74 valence electrons. The second-order valence-corrected chi connectivity index (χ2v) is 4.34. The third-order valence-corrected chi connectivity index (χ3v) is 3.07. The summed E-state index contributed by atoms with van der Waals surface area (Å²) >= 11 is 1.64. The molecule has 0 aliphatic carbocycles. The minimum Gasteiger partial charge on any atom is -0.395 e. The first-order valence-corrected chi connectivity index (χ1v) is 5.32. The molecule has 0 fully saturated rings. The van der Waals surface area contributed by atoms with E-state index in [1.54, 1.807) is 11.3 Å². The average molecular weight is 208 g/mol. The molecule has 1 aromatic carbocycles. The van der Waals surface area contributed by atoms with Crippen LogP contribution in [-0.4, -0.2) is 22.7 Å². The third-order valence-electron chi connectivity index (χ3n) is 2.01. The van der Waals surface area contributed by atoms with E-state index in [9.17, 15) is 0 Å². The summed E-state index contributed by atoms with van der Waals surface area (Å²) in [5, 5.41) is 9.82. The lowest BCUT2D eigenvalue weighted by Gasteiger charge is -2.03. The number of hydrogen-bond acceptors (Lipinski definition) is 4. The maximum absolute atomic E-state index is 8.82. The SMILES string of the molecule is NC(CO)Cc1nc2ccccc2s1. The Morgan fingerprint density at radius 1 is 1.43 bits per heavy atom. The smallest absolute Gasteiger partial charge is 0.0954 e. The minimum absolute atomic E-state index is 0.00985. The molecule has 1 atom stereocenters. The van der Waals surface area contributed by atoms with Crippen LogP contribution in [0.5, 0.6) is 0 Å². The maximum Gasteiger partial charge on any atom is 0.0954 e. The van der Waals surface area contributed by atoms with Crippen molar-refractivity contribution in [3.8, 4) is 0 Å². The minimum atomic E-state index is -0.199. The lowest BCUT2D eigenvalue weighted by atomic mass is 10.2. The van der Waals surface area contributed by atoms with Gasteiger partial charge in [0, 0.05) is 12.5 Å². The highest BCUT2D eigenvalue weighted by Crippen LogP contribution is 2.21. The lowest BCUT2D eigenvalue weighted by Crippen LogP contribution is -2.26. The van der Waals surface area contributed by atoms with Crippen molar-refractivity contribution in [3.63, 3.8) is 0 Å². The van der Waals surface area contributed by atoms with Crippen LogP contribution in [0.15, 0.2) is 24.3 Å². The summed E-state index contributed by atoms with van der Waals surface area (Å²) in [6, 6.07) is 7.80. The molecule has 0 saturated carbocycles.